The number of benzene rings is 2. The minimum atomic E-state index is -3.62. The Morgan fingerprint density at radius 2 is 1.93 bits per heavy atom. The summed E-state index contributed by atoms with van der Waals surface area (Å²) >= 11 is 0. The second kappa shape index (κ2) is 8.84. The van der Waals surface area contributed by atoms with Crippen LogP contribution in [0.5, 0.6) is 0 Å². The van der Waals surface area contributed by atoms with Crippen LogP contribution in [0.25, 0.3) is 0 Å². The molecular formula is C21H25FN2O3S. The van der Waals surface area contributed by atoms with E-state index < -0.39 is 10.0 Å². The van der Waals surface area contributed by atoms with E-state index in [0.29, 0.717) is 25.1 Å². The molecule has 0 aromatic heterocycles. The van der Waals surface area contributed by atoms with Crippen molar-refractivity contribution in [3.05, 3.63) is 65.5 Å². The molecule has 28 heavy (non-hydrogen) atoms. The molecule has 1 saturated heterocycles. The fraction of sp³-hybridized carbons (Fsp3) is 0.381. The highest BCUT2D eigenvalue weighted by Crippen LogP contribution is 2.25. The zero-order valence-corrected chi connectivity index (χ0v) is 16.7. The van der Waals surface area contributed by atoms with Crippen LogP contribution in [0.4, 0.5) is 4.39 Å². The molecule has 1 aliphatic rings. The summed E-state index contributed by atoms with van der Waals surface area (Å²) in [5, 5.41) is 2.79. The molecule has 0 radical (unpaired) electrons. The van der Waals surface area contributed by atoms with Gasteiger partial charge in [0.15, 0.2) is 0 Å². The first kappa shape index (κ1) is 20.5. The largest absolute Gasteiger partial charge is 0.352 e. The first-order chi connectivity index (χ1) is 13.4. The standard InChI is InChI=1S/C21H25FN2O3S/c1-16-5-2-3-14-24(16)28(26,27)20-7-4-6-18(15-20)21(25)23-13-12-17-8-10-19(22)11-9-17/h4,6-11,15-16H,2-3,5,12-14H2,1H3,(H,23,25). The number of halogens is 1. The van der Waals surface area contributed by atoms with Crippen molar-refractivity contribution in [1.82, 2.24) is 9.62 Å². The first-order valence-corrected chi connectivity index (χ1v) is 11.0. The third-order valence-electron chi connectivity index (χ3n) is 5.06. The highest BCUT2D eigenvalue weighted by Gasteiger charge is 2.31. The highest BCUT2D eigenvalue weighted by molar-refractivity contribution is 7.89. The molecule has 1 atom stereocenters. The number of amides is 1. The Labute approximate surface area is 165 Å². The number of nitrogens with one attached hydrogen (secondary N) is 1. The van der Waals surface area contributed by atoms with Crippen LogP contribution in [0.2, 0.25) is 0 Å². The van der Waals surface area contributed by atoms with Crippen molar-refractivity contribution in [2.24, 2.45) is 0 Å². The molecule has 2 aromatic carbocycles. The van der Waals surface area contributed by atoms with Gasteiger partial charge >= 0.3 is 0 Å². The van der Waals surface area contributed by atoms with Crippen LogP contribution in [-0.4, -0.2) is 37.8 Å². The molecule has 0 spiro atoms. The average Bonchev–Trinajstić information content (AvgIpc) is 2.69. The number of nitrogens with zero attached hydrogens (tertiary/aromatic N) is 1. The van der Waals surface area contributed by atoms with E-state index in [9.17, 15) is 17.6 Å². The Morgan fingerprint density at radius 1 is 1.18 bits per heavy atom. The van der Waals surface area contributed by atoms with Crippen molar-refractivity contribution < 1.29 is 17.6 Å². The maximum atomic E-state index is 13.0. The third-order valence-corrected chi connectivity index (χ3v) is 7.07. The molecule has 3 rings (SSSR count). The molecule has 1 fully saturated rings. The number of piperidine rings is 1. The van der Waals surface area contributed by atoms with Gasteiger partial charge in [-0.3, -0.25) is 4.79 Å². The Hall–Kier alpha value is -2.25. The molecule has 1 amide bonds. The van der Waals surface area contributed by atoms with Gasteiger partial charge in [-0.15, -0.1) is 0 Å². The maximum Gasteiger partial charge on any atom is 0.251 e. The lowest BCUT2D eigenvalue weighted by Gasteiger charge is -2.32. The minimum Gasteiger partial charge on any atom is -0.352 e. The van der Waals surface area contributed by atoms with Crippen LogP contribution in [0.1, 0.15) is 42.1 Å². The lowest BCUT2D eigenvalue weighted by Crippen LogP contribution is -2.42. The van der Waals surface area contributed by atoms with Gasteiger partial charge in [-0.05, 0) is 62.1 Å². The fourth-order valence-corrected chi connectivity index (χ4v) is 5.18. The van der Waals surface area contributed by atoms with E-state index in [2.05, 4.69) is 5.32 Å². The summed E-state index contributed by atoms with van der Waals surface area (Å²) in [6.07, 6.45) is 3.30. The lowest BCUT2D eigenvalue weighted by atomic mass is 10.1. The van der Waals surface area contributed by atoms with E-state index in [1.54, 1.807) is 24.3 Å². The molecule has 1 heterocycles. The first-order valence-electron chi connectivity index (χ1n) is 9.52. The van der Waals surface area contributed by atoms with Crippen LogP contribution < -0.4 is 5.32 Å². The van der Waals surface area contributed by atoms with Gasteiger partial charge < -0.3 is 5.32 Å². The topological polar surface area (TPSA) is 66.5 Å². The van der Waals surface area contributed by atoms with Gasteiger partial charge in [-0.1, -0.05) is 24.6 Å². The molecule has 7 heteroatoms. The number of hydrogen-bond donors (Lipinski definition) is 1. The van der Waals surface area contributed by atoms with Crippen LogP contribution in [0, 0.1) is 5.82 Å². The van der Waals surface area contributed by atoms with Crippen LogP contribution in [0.15, 0.2) is 53.4 Å². The quantitative estimate of drug-likeness (QED) is 0.803. The Bertz CT molecular complexity index is 929. The normalized spacial score (nSPS) is 18.0. The molecular weight excluding hydrogens is 379 g/mol. The van der Waals surface area contributed by atoms with E-state index in [1.165, 1.54) is 28.6 Å². The number of hydrogen-bond acceptors (Lipinski definition) is 3. The van der Waals surface area contributed by atoms with E-state index >= 15 is 0 Å². The van der Waals surface area contributed by atoms with Gasteiger partial charge in [-0.25, -0.2) is 12.8 Å². The predicted octanol–water partition coefficient (Wildman–Crippen LogP) is 3.36. The number of carbonyl (C=O) groups is 1. The minimum absolute atomic E-state index is 0.0352. The Morgan fingerprint density at radius 3 is 2.64 bits per heavy atom. The molecule has 2 aromatic rings. The summed E-state index contributed by atoms with van der Waals surface area (Å²) in [6.45, 7) is 2.81. The molecule has 1 aliphatic heterocycles. The Kier molecular flexibility index (Phi) is 6.46. The van der Waals surface area contributed by atoms with Gasteiger partial charge in [0.1, 0.15) is 5.82 Å². The molecule has 150 valence electrons. The molecule has 5 nitrogen and oxygen atoms in total. The molecule has 1 N–H and O–H groups in total. The van der Waals surface area contributed by atoms with E-state index in [1.807, 2.05) is 6.92 Å². The van der Waals surface area contributed by atoms with E-state index in [4.69, 9.17) is 0 Å². The lowest BCUT2D eigenvalue weighted by molar-refractivity contribution is 0.0954. The van der Waals surface area contributed by atoms with Crippen molar-refractivity contribution in [2.45, 2.75) is 43.5 Å². The predicted molar refractivity (Wildman–Crippen MR) is 106 cm³/mol. The fourth-order valence-electron chi connectivity index (χ4n) is 3.44. The zero-order chi connectivity index (χ0) is 20.1. The van der Waals surface area contributed by atoms with Crippen molar-refractivity contribution in [3.63, 3.8) is 0 Å². The Balaban J connectivity index is 1.66. The molecule has 0 saturated carbocycles. The highest BCUT2D eigenvalue weighted by atomic mass is 32.2. The van der Waals surface area contributed by atoms with E-state index in [-0.39, 0.29) is 22.7 Å². The van der Waals surface area contributed by atoms with Gasteiger partial charge in [0, 0.05) is 24.7 Å². The van der Waals surface area contributed by atoms with Crippen LogP contribution >= 0.6 is 0 Å². The maximum absolute atomic E-state index is 13.0. The van der Waals surface area contributed by atoms with Crippen LogP contribution in [-0.2, 0) is 16.4 Å². The second-order valence-corrected chi connectivity index (χ2v) is 9.01. The van der Waals surface area contributed by atoms with E-state index in [0.717, 1.165) is 24.8 Å². The van der Waals surface area contributed by atoms with Gasteiger partial charge in [0.25, 0.3) is 5.91 Å². The number of sulfonamides is 1. The SMILES string of the molecule is CC1CCCCN1S(=O)(=O)c1cccc(C(=O)NCCc2ccc(F)cc2)c1. The third kappa shape index (κ3) is 4.77. The van der Waals surface area contributed by atoms with Crippen molar-refractivity contribution in [1.29, 1.82) is 0 Å². The van der Waals surface area contributed by atoms with Gasteiger partial charge in [-0.2, -0.15) is 4.31 Å². The summed E-state index contributed by atoms with van der Waals surface area (Å²) in [5.74, 6) is -0.625. The zero-order valence-electron chi connectivity index (χ0n) is 15.9. The number of rotatable bonds is 6. The van der Waals surface area contributed by atoms with Gasteiger partial charge in [0.05, 0.1) is 4.90 Å². The van der Waals surface area contributed by atoms with Crippen molar-refractivity contribution in [3.8, 4) is 0 Å². The van der Waals surface area contributed by atoms with Gasteiger partial charge in [0.2, 0.25) is 10.0 Å². The summed E-state index contributed by atoms with van der Waals surface area (Å²) in [5.41, 5.74) is 1.22. The average molecular weight is 405 g/mol. The molecule has 0 aliphatic carbocycles. The summed E-state index contributed by atoms with van der Waals surface area (Å²) < 4.78 is 40.4. The summed E-state index contributed by atoms with van der Waals surface area (Å²) in [7, 11) is -3.62. The molecule has 0 bridgehead atoms. The summed E-state index contributed by atoms with van der Waals surface area (Å²) in [4.78, 5) is 12.6. The van der Waals surface area contributed by atoms with Crippen molar-refractivity contribution >= 4 is 15.9 Å². The number of carbonyl (C=O) groups excluding carboxylic acids is 1. The second-order valence-electron chi connectivity index (χ2n) is 7.12. The monoisotopic (exact) mass is 404 g/mol. The van der Waals surface area contributed by atoms with Crippen molar-refractivity contribution in [2.75, 3.05) is 13.1 Å². The summed E-state index contributed by atoms with van der Waals surface area (Å²) in [6, 6.07) is 12.2. The molecule has 1 unspecified atom stereocenters. The smallest absolute Gasteiger partial charge is 0.251 e. The van der Waals surface area contributed by atoms with Crippen LogP contribution in [0.3, 0.4) is 0 Å².